The van der Waals surface area contributed by atoms with Crippen molar-refractivity contribution < 1.29 is 4.39 Å². The summed E-state index contributed by atoms with van der Waals surface area (Å²) in [4.78, 5) is 3.98. The molecule has 0 aliphatic carbocycles. The number of nitrogens with one attached hydrogen (secondary N) is 1. The lowest BCUT2D eigenvalue weighted by Gasteiger charge is -2.06. The number of aromatic nitrogens is 2. The molecule has 1 aromatic heterocycles. The Kier molecular flexibility index (Phi) is 4.90. The molecule has 1 aromatic carbocycles. The topological polar surface area (TPSA) is 29.9 Å². The Balaban J connectivity index is 1.67. The average Bonchev–Trinajstić information content (AvgIpc) is 2.86. The van der Waals surface area contributed by atoms with Gasteiger partial charge in [0.2, 0.25) is 0 Å². The molecule has 5 heteroatoms. The maximum Gasteiger partial charge on any atom is 0.137 e. The van der Waals surface area contributed by atoms with Gasteiger partial charge in [-0.05, 0) is 46.6 Å². The Labute approximate surface area is 114 Å². The molecule has 96 valence electrons. The van der Waals surface area contributed by atoms with Crippen LogP contribution in [0.1, 0.15) is 12.0 Å². The number of hydrogen-bond donors (Lipinski definition) is 1. The third-order valence-electron chi connectivity index (χ3n) is 2.64. The van der Waals surface area contributed by atoms with Gasteiger partial charge < -0.3 is 9.88 Å². The Bertz CT molecular complexity index is 485. The molecule has 0 saturated heterocycles. The van der Waals surface area contributed by atoms with Gasteiger partial charge >= 0.3 is 0 Å². The molecule has 0 amide bonds. The summed E-state index contributed by atoms with van der Waals surface area (Å²) in [5.41, 5.74) is 0.957. The maximum atomic E-state index is 13.3. The Morgan fingerprint density at radius 3 is 3.00 bits per heavy atom. The van der Waals surface area contributed by atoms with Gasteiger partial charge in [-0.25, -0.2) is 9.37 Å². The van der Waals surface area contributed by atoms with Gasteiger partial charge in [0.05, 0.1) is 10.8 Å². The summed E-state index contributed by atoms with van der Waals surface area (Å²) in [5, 5.41) is 3.30. The Morgan fingerprint density at radius 1 is 1.39 bits per heavy atom. The highest BCUT2D eigenvalue weighted by Gasteiger charge is 2.00. The first kappa shape index (κ1) is 13.2. The number of nitrogens with zero attached hydrogens (tertiary/aromatic N) is 2. The van der Waals surface area contributed by atoms with Crippen LogP contribution in [0.3, 0.4) is 0 Å². The number of rotatable bonds is 6. The van der Waals surface area contributed by atoms with Crippen LogP contribution in [0, 0.1) is 5.82 Å². The van der Waals surface area contributed by atoms with Gasteiger partial charge in [0, 0.05) is 25.5 Å². The summed E-state index contributed by atoms with van der Waals surface area (Å²) >= 11 is 3.14. The first-order chi connectivity index (χ1) is 8.75. The SMILES string of the molecule is Fc1cc(CNCCCn2ccnc2)ccc1Br. The minimum Gasteiger partial charge on any atom is -0.337 e. The van der Waals surface area contributed by atoms with E-state index in [4.69, 9.17) is 0 Å². The van der Waals surface area contributed by atoms with Gasteiger partial charge in [0.15, 0.2) is 0 Å². The monoisotopic (exact) mass is 311 g/mol. The van der Waals surface area contributed by atoms with Crippen molar-refractivity contribution in [3.63, 3.8) is 0 Å². The molecular weight excluding hydrogens is 297 g/mol. The quantitative estimate of drug-likeness (QED) is 0.831. The largest absolute Gasteiger partial charge is 0.337 e. The molecule has 2 rings (SSSR count). The van der Waals surface area contributed by atoms with Gasteiger partial charge in [-0.15, -0.1) is 0 Å². The number of hydrogen-bond acceptors (Lipinski definition) is 2. The van der Waals surface area contributed by atoms with Crippen LogP contribution in [0.2, 0.25) is 0 Å². The van der Waals surface area contributed by atoms with Crippen molar-refractivity contribution in [1.29, 1.82) is 0 Å². The zero-order valence-corrected chi connectivity index (χ0v) is 11.5. The molecule has 0 fully saturated rings. The van der Waals surface area contributed by atoms with E-state index in [1.54, 1.807) is 18.3 Å². The van der Waals surface area contributed by atoms with Crippen molar-refractivity contribution in [3.05, 3.63) is 52.8 Å². The molecule has 0 unspecified atom stereocenters. The smallest absolute Gasteiger partial charge is 0.137 e. The first-order valence-electron chi connectivity index (χ1n) is 5.86. The number of halogens is 2. The second-order valence-electron chi connectivity index (χ2n) is 4.08. The van der Waals surface area contributed by atoms with Crippen molar-refractivity contribution in [3.8, 4) is 0 Å². The summed E-state index contributed by atoms with van der Waals surface area (Å²) in [7, 11) is 0. The average molecular weight is 312 g/mol. The number of benzene rings is 1. The lowest BCUT2D eigenvalue weighted by Crippen LogP contribution is -2.16. The molecule has 0 aliphatic rings. The molecule has 3 nitrogen and oxygen atoms in total. The predicted molar refractivity (Wildman–Crippen MR) is 72.7 cm³/mol. The van der Waals surface area contributed by atoms with E-state index in [2.05, 4.69) is 26.2 Å². The van der Waals surface area contributed by atoms with Crippen LogP contribution < -0.4 is 5.32 Å². The van der Waals surface area contributed by atoms with Crippen LogP contribution in [-0.4, -0.2) is 16.1 Å². The molecule has 1 heterocycles. The third-order valence-corrected chi connectivity index (χ3v) is 3.29. The normalized spacial score (nSPS) is 10.8. The van der Waals surface area contributed by atoms with Crippen LogP contribution in [0.5, 0.6) is 0 Å². The van der Waals surface area contributed by atoms with Gasteiger partial charge in [-0.3, -0.25) is 0 Å². The minimum atomic E-state index is -0.215. The Hall–Kier alpha value is -1.20. The highest BCUT2D eigenvalue weighted by molar-refractivity contribution is 9.10. The summed E-state index contributed by atoms with van der Waals surface area (Å²) in [6.07, 6.45) is 6.56. The molecule has 0 bridgehead atoms. The summed E-state index contributed by atoms with van der Waals surface area (Å²) in [5.74, 6) is -0.215. The molecule has 0 spiro atoms. The standard InChI is InChI=1S/C13H15BrFN3/c14-12-3-2-11(8-13(12)15)9-16-4-1-6-18-7-5-17-10-18/h2-3,5,7-8,10,16H,1,4,6,9H2. The molecule has 0 saturated carbocycles. The fourth-order valence-corrected chi connectivity index (χ4v) is 1.93. The number of aryl methyl sites for hydroxylation is 1. The van der Waals surface area contributed by atoms with E-state index in [-0.39, 0.29) is 5.82 Å². The van der Waals surface area contributed by atoms with Gasteiger partial charge in [0.25, 0.3) is 0 Å². The van der Waals surface area contributed by atoms with E-state index in [9.17, 15) is 4.39 Å². The van der Waals surface area contributed by atoms with E-state index in [1.807, 2.05) is 23.2 Å². The van der Waals surface area contributed by atoms with Crippen LogP contribution in [0.4, 0.5) is 4.39 Å². The van der Waals surface area contributed by atoms with Crippen molar-refractivity contribution in [2.24, 2.45) is 0 Å². The lowest BCUT2D eigenvalue weighted by molar-refractivity contribution is 0.576. The van der Waals surface area contributed by atoms with Crippen LogP contribution >= 0.6 is 15.9 Å². The number of imidazole rings is 1. The van der Waals surface area contributed by atoms with Crippen molar-refractivity contribution in [2.45, 2.75) is 19.5 Å². The molecule has 0 radical (unpaired) electrons. The first-order valence-corrected chi connectivity index (χ1v) is 6.65. The summed E-state index contributed by atoms with van der Waals surface area (Å²) in [6, 6.07) is 5.20. The van der Waals surface area contributed by atoms with Crippen LogP contribution in [0.25, 0.3) is 0 Å². The van der Waals surface area contributed by atoms with Gasteiger partial charge in [-0.1, -0.05) is 6.07 Å². The van der Waals surface area contributed by atoms with Crippen molar-refractivity contribution in [2.75, 3.05) is 6.54 Å². The highest BCUT2D eigenvalue weighted by Crippen LogP contribution is 2.16. The lowest BCUT2D eigenvalue weighted by atomic mass is 10.2. The van der Waals surface area contributed by atoms with Crippen LogP contribution in [0.15, 0.2) is 41.4 Å². The van der Waals surface area contributed by atoms with E-state index in [0.717, 1.165) is 25.1 Å². The van der Waals surface area contributed by atoms with Gasteiger partial charge in [0.1, 0.15) is 5.82 Å². The zero-order chi connectivity index (χ0) is 12.8. The summed E-state index contributed by atoms with van der Waals surface area (Å²) < 4.78 is 15.8. The fourth-order valence-electron chi connectivity index (χ4n) is 1.69. The highest BCUT2D eigenvalue weighted by atomic mass is 79.9. The molecule has 1 N–H and O–H groups in total. The fraction of sp³-hybridized carbons (Fsp3) is 0.308. The summed E-state index contributed by atoms with van der Waals surface area (Å²) in [6.45, 7) is 2.53. The molecule has 2 aromatic rings. The second kappa shape index (κ2) is 6.66. The third kappa shape index (κ3) is 3.92. The van der Waals surface area contributed by atoms with Crippen molar-refractivity contribution in [1.82, 2.24) is 14.9 Å². The van der Waals surface area contributed by atoms with E-state index < -0.39 is 0 Å². The van der Waals surface area contributed by atoms with E-state index in [0.29, 0.717) is 11.0 Å². The Morgan fingerprint density at radius 2 is 2.28 bits per heavy atom. The zero-order valence-electron chi connectivity index (χ0n) is 9.94. The second-order valence-corrected chi connectivity index (χ2v) is 4.93. The molecule has 0 atom stereocenters. The van der Waals surface area contributed by atoms with E-state index in [1.165, 1.54) is 0 Å². The van der Waals surface area contributed by atoms with E-state index >= 15 is 0 Å². The predicted octanol–water partition coefficient (Wildman–Crippen LogP) is 2.96. The van der Waals surface area contributed by atoms with Crippen LogP contribution in [-0.2, 0) is 13.1 Å². The molecule has 0 aliphatic heterocycles. The van der Waals surface area contributed by atoms with Gasteiger partial charge in [-0.2, -0.15) is 0 Å². The maximum absolute atomic E-state index is 13.3. The molecular formula is C13H15BrFN3. The minimum absolute atomic E-state index is 0.215. The van der Waals surface area contributed by atoms with Crippen molar-refractivity contribution >= 4 is 15.9 Å². The molecule has 18 heavy (non-hydrogen) atoms.